The van der Waals surface area contributed by atoms with Crippen LogP contribution in [-0.4, -0.2) is 126 Å². The number of alkyl halides is 3. The number of piperazine rings is 1. The highest BCUT2D eigenvalue weighted by molar-refractivity contribution is 7.99. The summed E-state index contributed by atoms with van der Waals surface area (Å²) >= 11 is 7.69. The van der Waals surface area contributed by atoms with Gasteiger partial charge in [-0.1, -0.05) is 61.4 Å². The molecule has 4 aromatic rings. The highest BCUT2D eigenvalue weighted by atomic mass is 35.5. The summed E-state index contributed by atoms with van der Waals surface area (Å²) in [6.07, 6.45) is 3.65. The zero-order chi connectivity index (χ0) is 50.9. The lowest BCUT2D eigenvalue weighted by atomic mass is 9.73. The van der Waals surface area contributed by atoms with Crippen molar-refractivity contribution in [3.8, 4) is 0 Å². The van der Waals surface area contributed by atoms with Gasteiger partial charge in [0.05, 0.1) is 10.6 Å². The van der Waals surface area contributed by atoms with Gasteiger partial charge in [0.15, 0.2) is 0 Å². The minimum absolute atomic E-state index is 0.00545. The Hall–Kier alpha value is -4.10. The van der Waals surface area contributed by atoms with Crippen LogP contribution >= 0.6 is 23.4 Å². The van der Waals surface area contributed by atoms with E-state index in [9.17, 15) is 34.8 Å². The molecule has 2 N–H and O–H groups in total. The molecular formula is C53H66ClF3N6O5S3. The Kier molecular flexibility index (Phi) is 16.0. The highest BCUT2D eigenvalue weighted by Gasteiger charge is 2.49. The first-order chi connectivity index (χ1) is 33.4. The number of fused-ring (bicyclic) bond motifs is 1. The third-order valence-electron chi connectivity index (χ3n) is 14.6. The average molecular weight is 1060 g/mol. The van der Waals surface area contributed by atoms with Crippen LogP contribution in [0, 0.1) is 17.3 Å². The van der Waals surface area contributed by atoms with E-state index < -0.39 is 47.1 Å². The molecule has 8 rings (SSSR count). The number of sulfonamides is 1. The molecule has 11 nitrogen and oxygen atoms in total. The number of likely N-dealkylation sites (tertiary alicyclic amines) is 2. The molecule has 0 bridgehead atoms. The van der Waals surface area contributed by atoms with E-state index in [-0.39, 0.29) is 22.2 Å². The predicted octanol–water partition coefficient (Wildman–Crippen LogP) is 10.2. The topological polar surface area (TPSA) is 122 Å². The van der Waals surface area contributed by atoms with Gasteiger partial charge in [-0.05, 0) is 142 Å². The number of allylic oxidation sites excluding steroid dienone is 1. The second-order valence-corrected chi connectivity index (χ2v) is 26.5. The number of amides is 1. The first kappa shape index (κ1) is 53.2. The first-order valence-electron chi connectivity index (χ1n) is 24.4. The van der Waals surface area contributed by atoms with Gasteiger partial charge in [-0.25, -0.2) is 21.6 Å². The Balaban J connectivity index is 0.927. The number of halogens is 4. The molecule has 18 heteroatoms. The van der Waals surface area contributed by atoms with Crippen molar-refractivity contribution in [2.75, 3.05) is 81.4 Å². The molecule has 3 atom stereocenters. The third kappa shape index (κ3) is 13.0. The number of nitrogens with one attached hydrogen (secondary N) is 2. The Morgan fingerprint density at radius 2 is 1.48 bits per heavy atom. The van der Waals surface area contributed by atoms with Crippen LogP contribution in [0.5, 0.6) is 0 Å². The molecule has 1 unspecified atom stereocenters. The third-order valence-corrected chi connectivity index (χ3v) is 18.9. The van der Waals surface area contributed by atoms with E-state index in [1.165, 1.54) is 40.6 Å². The quantitative estimate of drug-likeness (QED) is 0.104. The molecule has 1 aliphatic carbocycles. The van der Waals surface area contributed by atoms with Crippen LogP contribution < -0.4 is 14.9 Å². The van der Waals surface area contributed by atoms with E-state index in [0.717, 1.165) is 101 Å². The summed E-state index contributed by atoms with van der Waals surface area (Å²) in [5.74, 6) is 0.411. The van der Waals surface area contributed by atoms with E-state index in [1.54, 1.807) is 12.1 Å². The molecule has 0 radical (unpaired) electrons. The number of anilines is 2. The summed E-state index contributed by atoms with van der Waals surface area (Å²) in [5, 5.41) is 3.79. The van der Waals surface area contributed by atoms with E-state index in [4.69, 9.17) is 11.6 Å². The van der Waals surface area contributed by atoms with E-state index in [2.05, 4.69) is 71.7 Å². The number of nitrogens with zero attached hydrogens (tertiary/aromatic N) is 4. The lowest BCUT2D eigenvalue weighted by Crippen LogP contribution is -2.47. The molecule has 4 aromatic carbocycles. The highest BCUT2D eigenvalue weighted by Crippen LogP contribution is 2.43. The van der Waals surface area contributed by atoms with Crippen LogP contribution in [0.3, 0.4) is 0 Å². The molecule has 3 aliphatic heterocycles. The molecule has 0 spiro atoms. The van der Waals surface area contributed by atoms with Crippen LogP contribution in [0.4, 0.5) is 24.5 Å². The average Bonchev–Trinajstić information content (AvgIpc) is 3.91. The molecular weight excluding hydrogens is 989 g/mol. The molecule has 1 amide bonds. The zero-order valence-electron chi connectivity index (χ0n) is 41.1. The Morgan fingerprint density at radius 3 is 2.10 bits per heavy atom. The van der Waals surface area contributed by atoms with Crippen LogP contribution in [-0.2, 0) is 19.9 Å². The smallest absolute Gasteiger partial charge is 0.380 e. The number of rotatable bonds is 16. The number of sulfone groups is 1. The minimum atomic E-state index is -6.06. The van der Waals surface area contributed by atoms with Crippen molar-refractivity contribution in [1.82, 2.24) is 19.4 Å². The molecule has 0 aromatic heterocycles. The van der Waals surface area contributed by atoms with Crippen molar-refractivity contribution in [2.24, 2.45) is 17.3 Å². The SMILES string of the molecule is CC1(C)CCC(c2ccc(Cl)cc2)=C(CN2CCN(c3ccc(C(=O)NS(=O)(=O)c4ccc(NC(CCN5C[C@H]6CN(C(C)(C)C)C[C@@H]6C5)CSc5ccccc5)c(S(=O)(=O)C(F)(F)F)c4)cc3)CC2)C1. The fourth-order valence-corrected chi connectivity index (χ4v) is 13.6. The number of thioether (sulfide) groups is 1. The molecule has 3 heterocycles. The lowest BCUT2D eigenvalue weighted by molar-refractivity contribution is -0.0435. The number of hydrogen-bond acceptors (Lipinski definition) is 11. The predicted molar refractivity (Wildman–Crippen MR) is 279 cm³/mol. The van der Waals surface area contributed by atoms with Gasteiger partial charge in [-0.3, -0.25) is 14.6 Å². The van der Waals surface area contributed by atoms with Gasteiger partial charge in [0, 0.05) is 104 Å². The maximum absolute atomic E-state index is 14.4. The maximum Gasteiger partial charge on any atom is 0.501 e. The van der Waals surface area contributed by atoms with E-state index in [0.29, 0.717) is 41.6 Å². The van der Waals surface area contributed by atoms with Gasteiger partial charge in [-0.15, -0.1) is 11.8 Å². The summed E-state index contributed by atoms with van der Waals surface area (Å²) in [7, 11) is -10.9. The number of hydrogen-bond donors (Lipinski definition) is 2. The first-order valence-corrected chi connectivity index (χ1v) is 28.8. The van der Waals surface area contributed by atoms with Crippen molar-refractivity contribution in [3.63, 3.8) is 0 Å². The van der Waals surface area contributed by atoms with Crippen LogP contribution in [0.2, 0.25) is 5.02 Å². The van der Waals surface area contributed by atoms with Crippen LogP contribution in [0.1, 0.15) is 76.2 Å². The summed E-state index contributed by atoms with van der Waals surface area (Å²) in [6, 6.07) is 26.1. The van der Waals surface area contributed by atoms with Crippen molar-refractivity contribution >= 4 is 66.1 Å². The minimum Gasteiger partial charge on any atom is -0.380 e. The molecule has 3 fully saturated rings. The van der Waals surface area contributed by atoms with Crippen LogP contribution in [0.15, 0.2) is 117 Å². The summed E-state index contributed by atoms with van der Waals surface area (Å²) < 4.78 is 98.9. The molecule has 3 saturated heterocycles. The normalized spacial score (nSPS) is 21.1. The van der Waals surface area contributed by atoms with Crippen molar-refractivity contribution in [2.45, 2.75) is 92.1 Å². The van der Waals surface area contributed by atoms with Gasteiger partial charge in [-0.2, -0.15) is 13.2 Å². The van der Waals surface area contributed by atoms with Crippen molar-refractivity contribution < 1.29 is 34.8 Å². The van der Waals surface area contributed by atoms with Gasteiger partial charge < -0.3 is 15.1 Å². The van der Waals surface area contributed by atoms with Crippen molar-refractivity contribution in [3.05, 3.63) is 119 Å². The largest absolute Gasteiger partial charge is 0.501 e. The maximum atomic E-state index is 14.4. The molecule has 71 heavy (non-hydrogen) atoms. The van der Waals surface area contributed by atoms with Gasteiger partial charge in [0.1, 0.15) is 4.90 Å². The van der Waals surface area contributed by atoms with Gasteiger partial charge >= 0.3 is 5.51 Å². The Bertz CT molecular complexity index is 2770. The standard InChI is InChI=1S/C53H66ClF3N6O5S3/c1-51(2,3)63-34-40-32-61(33-41(40)35-63)24-22-43(36-69-45-9-7-6-8-10-45)58-48-20-19-46(29-49(48)70(65,66)53(55,56)57)71(67,68)59-50(64)38-13-17-44(18-14-38)62-27-25-60(26-28-62)31-39-30-52(4,5)23-21-47(39)37-11-15-42(54)16-12-37/h6-20,29,40-41,43,58H,21-28,30-36H2,1-5H3,(H,59,64)/t40-,41-,43?/m0/s1. The van der Waals surface area contributed by atoms with Gasteiger partial charge in [0.25, 0.3) is 25.8 Å². The second-order valence-electron chi connectivity index (χ2n) is 21.4. The zero-order valence-corrected chi connectivity index (χ0v) is 44.3. The Labute approximate surface area is 427 Å². The second kappa shape index (κ2) is 21.4. The fourth-order valence-electron chi connectivity index (χ4n) is 10.5. The Morgan fingerprint density at radius 1 is 0.831 bits per heavy atom. The lowest BCUT2D eigenvalue weighted by Gasteiger charge is -2.39. The summed E-state index contributed by atoms with van der Waals surface area (Å²) in [5.41, 5.74) is -0.891. The number of carbonyl (C=O) groups excluding carboxylic acids is 1. The molecule has 0 saturated carbocycles. The number of carbonyl (C=O) groups is 1. The van der Waals surface area contributed by atoms with Gasteiger partial charge in [0.2, 0.25) is 0 Å². The number of benzene rings is 4. The molecule has 4 aliphatic rings. The summed E-state index contributed by atoms with van der Waals surface area (Å²) in [6.45, 7) is 19.7. The van der Waals surface area contributed by atoms with Crippen LogP contribution in [0.25, 0.3) is 5.57 Å². The summed E-state index contributed by atoms with van der Waals surface area (Å²) in [4.78, 5) is 21.9. The monoisotopic (exact) mass is 1050 g/mol. The van der Waals surface area contributed by atoms with E-state index >= 15 is 0 Å². The fraction of sp³-hybridized carbons (Fsp3) is 0.491. The molecule has 384 valence electrons. The van der Waals surface area contributed by atoms with E-state index in [1.807, 2.05) is 47.2 Å². The van der Waals surface area contributed by atoms with Crippen molar-refractivity contribution in [1.29, 1.82) is 0 Å².